The minimum Gasteiger partial charge on any atom is -0.444 e. The van der Waals surface area contributed by atoms with E-state index in [1.165, 1.54) is 0 Å². The van der Waals surface area contributed by atoms with Gasteiger partial charge in [0.25, 0.3) is 0 Å². The number of thiazole rings is 1. The van der Waals surface area contributed by atoms with Gasteiger partial charge in [0.05, 0.1) is 17.0 Å². The maximum Gasteiger partial charge on any atom is 0.408 e. The van der Waals surface area contributed by atoms with Crippen LogP contribution in [0.3, 0.4) is 0 Å². The second-order valence-corrected chi connectivity index (χ2v) is 6.35. The summed E-state index contributed by atoms with van der Waals surface area (Å²) in [5, 5.41) is 3.55. The standard InChI is InChI=1S/C10H16N2O2S2/c1-10(2,3)14-9(13)12-5-7-11-6-8(15-4)16-7/h6H,5H2,1-4H3,(H,12,13). The van der Waals surface area contributed by atoms with Crippen LogP contribution in [0.1, 0.15) is 25.8 Å². The van der Waals surface area contributed by atoms with Crippen molar-refractivity contribution in [1.29, 1.82) is 0 Å². The number of carbonyl (C=O) groups is 1. The van der Waals surface area contributed by atoms with Gasteiger partial charge in [-0.05, 0) is 27.0 Å². The van der Waals surface area contributed by atoms with Gasteiger partial charge in [-0.15, -0.1) is 23.1 Å². The van der Waals surface area contributed by atoms with Crippen molar-refractivity contribution in [2.24, 2.45) is 0 Å². The van der Waals surface area contributed by atoms with E-state index in [0.29, 0.717) is 6.54 Å². The number of rotatable bonds is 3. The molecule has 1 N–H and O–H groups in total. The van der Waals surface area contributed by atoms with Gasteiger partial charge in [-0.3, -0.25) is 0 Å². The van der Waals surface area contributed by atoms with Crippen molar-refractivity contribution in [3.05, 3.63) is 11.2 Å². The number of nitrogens with one attached hydrogen (secondary N) is 1. The third kappa shape index (κ3) is 4.85. The normalized spacial score (nSPS) is 11.2. The van der Waals surface area contributed by atoms with Crippen LogP contribution < -0.4 is 5.32 Å². The van der Waals surface area contributed by atoms with Gasteiger partial charge in [-0.1, -0.05) is 0 Å². The molecule has 0 aliphatic carbocycles. The van der Waals surface area contributed by atoms with E-state index in [9.17, 15) is 4.79 Å². The van der Waals surface area contributed by atoms with Gasteiger partial charge in [0.1, 0.15) is 10.6 Å². The zero-order valence-electron chi connectivity index (χ0n) is 9.86. The third-order valence-corrected chi connectivity index (χ3v) is 3.57. The van der Waals surface area contributed by atoms with Gasteiger partial charge in [-0.25, -0.2) is 9.78 Å². The zero-order valence-corrected chi connectivity index (χ0v) is 11.5. The molecule has 0 aromatic carbocycles. The van der Waals surface area contributed by atoms with E-state index in [4.69, 9.17) is 4.74 Å². The van der Waals surface area contributed by atoms with Crippen LogP contribution in [-0.4, -0.2) is 22.9 Å². The van der Waals surface area contributed by atoms with Crippen molar-refractivity contribution >= 4 is 29.2 Å². The van der Waals surface area contributed by atoms with E-state index in [1.54, 1.807) is 29.3 Å². The summed E-state index contributed by atoms with van der Waals surface area (Å²) in [5.41, 5.74) is -0.461. The minimum atomic E-state index is -0.461. The summed E-state index contributed by atoms with van der Waals surface area (Å²) < 4.78 is 6.25. The first kappa shape index (κ1) is 13.3. The Hall–Kier alpha value is -0.750. The van der Waals surface area contributed by atoms with Gasteiger partial charge in [0, 0.05) is 0 Å². The first-order chi connectivity index (χ1) is 7.40. The van der Waals surface area contributed by atoms with Crippen molar-refractivity contribution < 1.29 is 9.53 Å². The van der Waals surface area contributed by atoms with Crippen molar-refractivity contribution in [2.75, 3.05) is 6.26 Å². The lowest BCUT2D eigenvalue weighted by Gasteiger charge is -2.19. The number of hydrogen-bond donors (Lipinski definition) is 1. The molecule has 6 heteroatoms. The molecule has 0 atom stereocenters. The third-order valence-electron chi connectivity index (χ3n) is 1.52. The maximum atomic E-state index is 11.3. The SMILES string of the molecule is CSc1cnc(CNC(=O)OC(C)(C)C)s1. The van der Waals surface area contributed by atoms with E-state index in [2.05, 4.69) is 10.3 Å². The summed E-state index contributed by atoms with van der Waals surface area (Å²) in [6.07, 6.45) is 3.40. The molecule has 16 heavy (non-hydrogen) atoms. The maximum absolute atomic E-state index is 11.3. The molecule has 4 nitrogen and oxygen atoms in total. The molecule has 1 aromatic rings. The Kier molecular flexibility index (Phi) is 4.61. The van der Waals surface area contributed by atoms with Gasteiger partial charge in [0.15, 0.2) is 0 Å². The van der Waals surface area contributed by atoms with Gasteiger partial charge in [-0.2, -0.15) is 0 Å². The highest BCUT2D eigenvalue weighted by atomic mass is 32.2. The van der Waals surface area contributed by atoms with Crippen LogP contribution in [0.2, 0.25) is 0 Å². The van der Waals surface area contributed by atoms with Crippen LogP contribution in [0.5, 0.6) is 0 Å². The fourth-order valence-electron chi connectivity index (χ4n) is 0.932. The molecule has 90 valence electrons. The number of ether oxygens (including phenoxy) is 1. The average Bonchev–Trinajstić information content (AvgIpc) is 2.59. The Bertz CT molecular complexity index is 358. The molecule has 0 spiro atoms. The van der Waals surface area contributed by atoms with Crippen molar-refractivity contribution in [1.82, 2.24) is 10.3 Å². The highest BCUT2D eigenvalue weighted by Crippen LogP contribution is 2.22. The molecular formula is C10H16N2O2S2. The molecule has 1 aromatic heterocycles. The molecule has 0 radical (unpaired) electrons. The predicted molar refractivity (Wildman–Crippen MR) is 67.0 cm³/mol. The largest absolute Gasteiger partial charge is 0.444 e. The average molecular weight is 260 g/mol. The van der Waals surface area contributed by atoms with Crippen LogP contribution in [0.15, 0.2) is 10.4 Å². The van der Waals surface area contributed by atoms with Crippen molar-refractivity contribution in [3.8, 4) is 0 Å². The molecule has 0 saturated carbocycles. The molecule has 0 unspecified atom stereocenters. The van der Waals surface area contributed by atoms with E-state index < -0.39 is 11.7 Å². The molecule has 1 heterocycles. The van der Waals surface area contributed by atoms with E-state index in [1.807, 2.05) is 27.0 Å². The van der Waals surface area contributed by atoms with Crippen LogP contribution in [0, 0.1) is 0 Å². The Labute approximate surface area is 104 Å². The summed E-state index contributed by atoms with van der Waals surface area (Å²) in [6.45, 7) is 5.92. The van der Waals surface area contributed by atoms with Crippen molar-refractivity contribution in [3.63, 3.8) is 0 Å². The number of hydrogen-bond acceptors (Lipinski definition) is 5. The van der Waals surface area contributed by atoms with Gasteiger partial charge in [0.2, 0.25) is 0 Å². The second-order valence-electron chi connectivity index (χ2n) is 4.13. The van der Waals surface area contributed by atoms with E-state index in [-0.39, 0.29) is 0 Å². The summed E-state index contributed by atoms with van der Waals surface area (Å²) in [5.74, 6) is 0. The Balaban J connectivity index is 2.37. The highest BCUT2D eigenvalue weighted by Gasteiger charge is 2.15. The van der Waals surface area contributed by atoms with Crippen molar-refractivity contribution in [2.45, 2.75) is 37.1 Å². The van der Waals surface area contributed by atoms with Gasteiger partial charge < -0.3 is 10.1 Å². The number of alkyl carbamates (subject to hydrolysis) is 1. The van der Waals surface area contributed by atoms with Crippen LogP contribution in [0.25, 0.3) is 0 Å². The molecule has 0 aliphatic rings. The monoisotopic (exact) mass is 260 g/mol. The molecule has 0 saturated heterocycles. The number of aromatic nitrogens is 1. The lowest BCUT2D eigenvalue weighted by molar-refractivity contribution is 0.0523. The smallest absolute Gasteiger partial charge is 0.408 e. The molecule has 1 rings (SSSR count). The predicted octanol–water partition coefficient (Wildman–Crippen LogP) is 2.89. The first-order valence-electron chi connectivity index (χ1n) is 4.86. The highest BCUT2D eigenvalue weighted by molar-refractivity contribution is 8.00. The number of carbonyl (C=O) groups excluding carboxylic acids is 1. The summed E-state index contributed by atoms with van der Waals surface area (Å²) >= 11 is 3.22. The Morgan fingerprint density at radius 3 is 2.81 bits per heavy atom. The first-order valence-corrected chi connectivity index (χ1v) is 6.90. The quantitative estimate of drug-likeness (QED) is 0.849. The van der Waals surface area contributed by atoms with Crippen LogP contribution in [0.4, 0.5) is 4.79 Å². The van der Waals surface area contributed by atoms with Crippen LogP contribution in [-0.2, 0) is 11.3 Å². The number of nitrogens with zero attached hydrogens (tertiary/aromatic N) is 1. The summed E-state index contributed by atoms with van der Waals surface area (Å²) in [7, 11) is 0. The summed E-state index contributed by atoms with van der Waals surface area (Å²) in [6, 6.07) is 0. The zero-order chi connectivity index (χ0) is 12.2. The molecule has 0 aliphatic heterocycles. The second kappa shape index (κ2) is 5.54. The van der Waals surface area contributed by atoms with E-state index in [0.717, 1.165) is 9.22 Å². The molecule has 0 fully saturated rings. The number of thioether (sulfide) groups is 1. The van der Waals surface area contributed by atoms with Gasteiger partial charge >= 0.3 is 6.09 Å². The molecule has 1 amide bonds. The van der Waals surface area contributed by atoms with E-state index >= 15 is 0 Å². The Morgan fingerprint density at radius 2 is 2.31 bits per heavy atom. The summed E-state index contributed by atoms with van der Waals surface area (Å²) in [4.78, 5) is 15.5. The Morgan fingerprint density at radius 1 is 1.62 bits per heavy atom. The molecule has 0 bridgehead atoms. The lowest BCUT2D eigenvalue weighted by Crippen LogP contribution is -2.32. The minimum absolute atomic E-state index is 0.409. The lowest BCUT2D eigenvalue weighted by atomic mass is 10.2. The fourth-order valence-corrected chi connectivity index (χ4v) is 2.30. The van der Waals surface area contributed by atoms with Crippen LogP contribution >= 0.6 is 23.1 Å². The topological polar surface area (TPSA) is 51.2 Å². The number of amides is 1. The molecular weight excluding hydrogens is 244 g/mol. The fraction of sp³-hybridized carbons (Fsp3) is 0.600.